The number of carbonyl (C=O) groups excluding carboxylic acids is 2. The lowest BCUT2D eigenvalue weighted by molar-refractivity contribution is -0.140. The van der Waals surface area contributed by atoms with Gasteiger partial charge in [-0.1, -0.05) is 24.3 Å². The highest BCUT2D eigenvalue weighted by Crippen LogP contribution is 2.35. The summed E-state index contributed by atoms with van der Waals surface area (Å²) < 4.78 is 4.78. The normalized spacial score (nSPS) is 19.9. The molecule has 0 bridgehead atoms. The predicted octanol–water partition coefficient (Wildman–Crippen LogP) is -0.301. The van der Waals surface area contributed by atoms with Gasteiger partial charge in [0.05, 0.1) is 13.2 Å². The molecule has 0 aliphatic heterocycles. The Hall–Kier alpha value is -1.92. The molecule has 21 heavy (non-hydrogen) atoms. The number of hydrogen-bond donors (Lipinski definition) is 3. The third-order valence-corrected chi connectivity index (χ3v) is 3.67. The topological polar surface area (TPSA) is 87.7 Å². The van der Waals surface area contributed by atoms with Gasteiger partial charge >= 0.3 is 11.8 Å². The van der Waals surface area contributed by atoms with E-state index in [2.05, 4.69) is 10.6 Å². The van der Waals surface area contributed by atoms with E-state index in [0.717, 1.165) is 17.5 Å². The second kappa shape index (κ2) is 6.69. The maximum absolute atomic E-state index is 11.7. The van der Waals surface area contributed by atoms with E-state index in [1.807, 2.05) is 24.3 Å². The minimum absolute atomic E-state index is 0.0283. The zero-order valence-corrected chi connectivity index (χ0v) is 12.0. The van der Waals surface area contributed by atoms with E-state index < -0.39 is 17.4 Å². The molecule has 0 heterocycles. The van der Waals surface area contributed by atoms with Crippen LogP contribution >= 0.6 is 0 Å². The van der Waals surface area contributed by atoms with E-state index in [-0.39, 0.29) is 13.1 Å². The molecule has 1 aromatic rings. The molecule has 0 spiro atoms. The first-order valence-corrected chi connectivity index (χ1v) is 6.92. The number of carbonyl (C=O) groups is 2. The van der Waals surface area contributed by atoms with Crippen molar-refractivity contribution in [3.05, 3.63) is 35.4 Å². The summed E-state index contributed by atoms with van der Waals surface area (Å²) >= 11 is 0. The lowest BCUT2D eigenvalue weighted by Gasteiger charge is -2.24. The van der Waals surface area contributed by atoms with Gasteiger partial charge in [-0.15, -0.1) is 0 Å². The van der Waals surface area contributed by atoms with Gasteiger partial charge in [0.2, 0.25) is 0 Å². The molecule has 2 rings (SSSR count). The predicted molar refractivity (Wildman–Crippen MR) is 76.6 cm³/mol. The van der Waals surface area contributed by atoms with Crippen LogP contribution in [-0.2, 0) is 26.3 Å². The molecule has 1 aromatic carbocycles. The molecule has 1 aliphatic carbocycles. The van der Waals surface area contributed by atoms with Gasteiger partial charge in [-0.05, 0) is 24.0 Å². The molecular weight excluding hydrogens is 272 g/mol. The fourth-order valence-electron chi connectivity index (χ4n) is 2.51. The van der Waals surface area contributed by atoms with Crippen molar-refractivity contribution in [2.24, 2.45) is 0 Å². The summed E-state index contributed by atoms with van der Waals surface area (Å²) in [7, 11) is 1.51. The summed E-state index contributed by atoms with van der Waals surface area (Å²) in [5.74, 6) is -1.47. The summed E-state index contributed by atoms with van der Waals surface area (Å²) in [6.07, 6.45) is 1.31. The van der Waals surface area contributed by atoms with Gasteiger partial charge in [-0.2, -0.15) is 0 Å². The molecule has 0 saturated carbocycles. The van der Waals surface area contributed by atoms with Crippen molar-refractivity contribution >= 4 is 11.8 Å². The van der Waals surface area contributed by atoms with Gasteiger partial charge in [0.15, 0.2) is 0 Å². The maximum Gasteiger partial charge on any atom is 0.309 e. The molecule has 0 radical (unpaired) electrons. The first kappa shape index (κ1) is 15.5. The maximum atomic E-state index is 11.7. The van der Waals surface area contributed by atoms with Crippen LogP contribution in [0.5, 0.6) is 0 Å². The molecular formula is C15H20N2O4. The smallest absolute Gasteiger partial charge is 0.309 e. The Morgan fingerprint density at radius 3 is 2.76 bits per heavy atom. The van der Waals surface area contributed by atoms with Crippen LogP contribution in [0.1, 0.15) is 17.5 Å². The second-order valence-electron chi connectivity index (χ2n) is 5.12. The Bertz CT molecular complexity index is 532. The molecule has 0 fully saturated rings. The molecule has 6 heteroatoms. The molecule has 0 saturated heterocycles. The highest BCUT2D eigenvalue weighted by molar-refractivity contribution is 6.35. The first-order valence-electron chi connectivity index (χ1n) is 6.92. The number of nitrogens with one attached hydrogen (secondary N) is 2. The van der Waals surface area contributed by atoms with Crippen molar-refractivity contribution in [3.8, 4) is 0 Å². The van der Waals surface area contributed by atoms with Crippen LogP contribution < -0.4 is 10.6 Å². The Kier molecular flexibility index (Phi) is 4.93. The first-order chi connectivity index (χ1) is 10.1. The summed E-state index contributed by atoms with van der Waals surface area (Å²) in [4.78, 5) is 23.2. The largest absolute Gasteiger partial charge is 0.383 e. The van der Waals surface area contributed by atoms with Crippen molar-refractivity contribution in [3.63, 3.8) is 0 Å². The molecule has 1 aliphatic rings. The van der Waals surface area contributed by atoms with Crippen LogP contribution in [0.2, 0.25) is 0 Å². The van der Waals surface area contributed by atoms with E-state index >= 15 is 0 Å². The van der Waals surface area contributed by atoms with Crippen LogP contribution in [-0.4, -0.2) is 43.7 Å². The SMILES string of the molecule is COCCNC(=O)C(=O)NCC1(O)CCc2ccccc21. The summed E-state index contributed by atoms with van der Waals surface area (Å²) in [6.45, 7) is 0.646. The number of methoxy groups -OCH3 is 1. The number of ether oxygens (including phenoxy) is 1. The molecule has 114 valence electrons. The molecule has 1 atom stereocenters. The van der Waals surface area contributed by atoms with Gasteiger partial charge in [0, 0.05) is 13.7 Å². The van der Waals surface area contributed by atoms with Crippen molar-refractivity contribution in [2.45, 2.75) is 18.4 Å². The van der Waals surface area contributed by atoms with E-state index in [1.54, 1.807) is 0 Å². The van der Waals surface area contributed by atoms with Gasteiger partial charge in [-0.3, -0.25) is 9.59 Å². The van der Waals surface area contributed by atoms with Crippen LogP contribution in [0, 0.1) is 0 Å². The zero-order chi connectivity index (χ0) is 15.3. The van der Waals surface area contributed by atoms with Gasteiger partial charge < -0.3 is 20.5 Å². The third kappa shape index (κ3) is 3.59. The minimum Gasteiger partial charge on any atom is -0.383 e. The Morgan fingerprint density at radius 2 is 2.00 bits per heavy atom. The number of hydrogen-bond acceptors (Lipinski definition) is 4. The number of aryl methyl sites for hydroxylation is 1. The molecule has 0 aromatic heterocycles. The van der Waals surface area contributed by atoms with Crippen LogP contribution in [0.15, 0.2) is 24.3 Å². The average molecular weight is 292 g/mol. The second-order valence-corrected chi connectivity index (χ2v) is 5.12. The number of fused-ring (bicyclic) bond motifs is 1. The molecule has 6 nitrogen and oxygen atoms in total. The fourth-order valence-corrected chi connectivity index (χ4v) is 2.51. The number of rotatable bonds is 5. The number of benzene rings is 1. The Labute approximate surface area is 123 Å². The lowest BCUT2D eigenvalue weighted by atomic mass is 9.96. The van der Waals surface area contributed by atoms with E-state index in [0.29, 0.717) is 13.0 Å². The third-order valence-electron chi connectivity index (χ3n) is 3.67. The molecule has 2 amide bonds. The van der Waals surface area contributed by atoms with Crippen LogP contribution in [0.3, 0.4) is 0 Å². The van der Waals surface area contributed by atoms with E-state index in [9.17, 15) is 14.7 Å². The standard InChI is InChI=1S/C15H20N2O4/c1-21-9-8-16-13(18)14(19)17-10-15(20)7-6-11-4-2-3-5-12(11)15/h2-5,20H,6-10H2,1H3,(H,16,18)(H,17,19). The van der Waals surface area contributed by atoms with Gasteiger partial charge in [-0.25, -0.2) is 0 Å². The molecule has 1 unspecified atom stereocenters. The summed E-state index contributed by atoms with van der Waals surface area (Å²) in [5.41, 5.74) is 0.808. The van der Waals surface area contributed by atoms with Gasteiger partial charge in [0.25, 0.3) is 0 Å². The van der Waals surface area contributed by atoms with Crippen LogP contribution in [0.4, 0.5) is 0 Å². The lowest BCUT2D eigenvalue weighted by Crippen LogP contribution is -2.46. The minimum atomic E-state index is -1.10. The Morgan fingerprint density at radius 1 is 1.29 bits per heavy atom. The highest BCUT2D eigenvalue weighted by Gasteiger charge is 2.36. The fraction of sp³-hybridized carbons (Fsp3) is 0.467. The summed E-state index contributed by atoms with van der Waals surface area (Å²) in [6, 6.07) is 7.60. The van der Waals surface area contributed by atoms with Crippen molar-refractivity contribution in [1.82, 2.24) is 10.6 Å². The van der Waals surface area contributed by atoms with Crippen molar-refractivity contribution < 1.29 is 19.4 Å². The zero-order valence-electron chi connectivity index (χ0n) is 12.0. The van der Waals surface area contributed by atoms with Crippen LogP contribution in [0.25, 0.3) is 0 Å². The van der Waals surface area contributed by atoms with Crippen molar-refractivity contribution in [2.75, 3.05) is 26.8 Å². The summed E-state index contributed by atoms with van der Waals surface area (Å²) in [5, 5.41) is 15.5. The Balaban J connectivity index is 1.88. The number of amides is 2. The average Bonchev–Trinajstić information content (AvgIpc) is 2.83. The van der Waals surface area contributed by atoms with E-state index in [1.165, 1.54) is 7.11 Å². The van der Waals surface area contributed by atoms with Gasteiger partial charge in [0.1, 0.15) is 5.60 Å². The van der Waals surface area contributed by atoms with E-state index in [4.69, 9.17) is 4.74 Å². The quantitative estimate of drug-likeness (QED) is 0.513. The highest BCUT2D eigenvalue weighted by atomic mass is 16.5. The molecule has 3 N–H and O–H groups in total. The van der Waals surface area contributed by atoms with Crippen molar-refractivity contribution in [1.29, 1.82) is 0 Å². The monoisotopic (exact) mass is 292 g/mol. The number of aliphatic hydroxyl groups is 1.